The van der Waals surface area contributed by atoms with Gasteiger partial charge in [-0.1, -0.05) is 18.2 Å². The van der Waals surface area contributed by atoms with E-state index in [9.17, 15) is 9.90 Å². The monoisotopic (exact) mass is 397 g/mol. The predicted octanol–water partition coefficient (Wildman–Crippen LogP) is 4.04. The molecule has 3 aromatic heterocycles. The number of pyridine rings is 1. The molecule has 2 aromatic carbocycles. The Morgan fingerprint density at radius 1 is 1.10 bits per heavy atom. The van der Waals surface area contributed by atoms with Gasteiger partial charge >= 0.3 is 0 Å². The van der Waals surface area contributed by atoms with Crippen LogP contribution >= 0.6 is 0 Å². The summed E-state index contributed by atoms with van der Waals surface area (Å²) < 4.78 is 1.73. The number of ketones is 1. The summed E-state index contributed by atoms with van der Waals surface area (Å²) in [6.07, 6.45) is 1.65. The molecule has 5 rings (SSSR count). The molecular weight excluding hydrogens is 378 g/mol. The highest BCUT2D eigenvalue weighted by Crippen LogP contribution is 2.36. The van der Waals surface area contributed by atoms with Gasteiger partial charge < -0.3 is 15.8 Å². The molecular formula is C23H19N5O2. The Labute approximate surface area is 171 Å². The Morgan fingerprint density at radius 3 is 2.70 bits per heavy atom. The van der Waals surface area contributed by atoms with Crippen LogP contribution < -0.4 is 5.73 Å². The Morgan fingerprint density at radius 2 is 1.90 bits per heavy atom. The van der Waals surface area contributed by atoms with Crippen molar-refractivity contribution in [3.05, 3.63) is 77.2 Å². The number of H-pyrrole nitrogens is 1. The van der Waals surface area contributed by atoms with Crippen LogP contribution in [-0.2, 0) is 0 Å². The number of benzene rings is 2. The summed E-state index contributed by atoms with van der Waals surface area (Å²) in [6, 6.07) is 14.5. The van der Waals surface area contributed by atoms with E-state index < -0.39 is 0 Å². The van der Waals surface area contributed by atoms with Crippen LogP contribution in [0, 0.1) is 13.8 Å². The minimum Gasteiger partial charge on any atom is -0.508 e. The van der Waals surface area contributed by atoms with Gasteiger partial charge in [-0.25, -0.2) is 9.97 Å². The maximum Gasteiger partial charge on any atom is 0.232 e. The number of para-hydroxylation sites is 2. The SMILES string of the molecule is Cc1ccc(O)c(C)c1-n1c(N)c(C(=O)c2nc3ccccc3[nH]2)c2cccnc21. The highest BCUT2D eigenvalue weighted by atomic mass is 16.3. The highest BCUT2D eigenvalue weighted by Gasteiger charge is 2.27. The van der Waals surface area contributed by atoms with E-state index in [1.165, 1.54) is 0 Å². The van der Waals surface area contributed by atoms with Crippen LogP contribution in [0.15, 0.2) is 54.7 Å². The highest BCUT2D eigenvalue weighted by molar-refractivity contribution is 6.19. The number of hydrogen-bond acceptors (Lipinski definition) is 5. The van der Waals surface area contributed by atoms with Crippen molar-refractivity contribution in [3.63, 3.8) is 0 Å². The lowest BCUT2D eigenvalue weighted by Gasteiger charge is -2.15. The summed E-state index contributed by atoms with van der Waals surface area (Å²) in [7, 11) is 0. The number of nitrogen functional groups attached to an aromatic ring is 1. The van der Waals surface area contributed by atoms with Gasteiger partial charge in [0.2, 0.25) is 5.78 Å². The Bertz CT molecular complexity index is 1430. The zero-order valence-electron chi connectivity index (χ0n) is 16.5. The standard InChI is InChI=1S/C23H19N5O2/c1-12-9-10-17(29)13(2)19(12)28-21(24)18(14-6-5-11-25-23(14)28)20(30)22-26-15-7-3-4-8-16(15)27-22/h3-11,29H,24H2,1-2H3,(H,26,27). The van der Waals surface area contributed by atoms with Crippen LogP contribution in [0.2, 0.25) is 0 Å². The van der Waals surface area contributed by atoms with E-state index in [0.29, 0.717) is 33.4 Å². The second kappa shape index (κ2) is 6.45. The van der Waals surface area contributed by atoms with Crippen molar-refractivity contribution in [1.29, 1.82) is 0 Å². The summed E-state index contributed by atoms with van der Waals surface area (Å²) in [5, 5.41) is 10.9. The number of anilines is 1. The number of hydrogen-bond donors (Lipinski definition) is 3. The van der Waals surface area contributed by atoms with Crippen LogP contribution in [0.5, 0.6) is 5.75 Å². The summed E-state index contributed by atoms with van der Waals surface area (Å²) >= 11 is 0. The van der Waals surface area contributed by atoms with Crippen LogP contribution in [0.1, 0.15) is 27.3 Å². The van der Waals surface area contributed by atoms with Gasteiger partial charge in [0, 0.05) is 17.1 Å². The van der Waals surface area contributed by atoms with Crippen molar-refractivity contribution in [2.24, 2.45) is 0 Å². The maximum absolute atomic E-state index is 13.5. The van der Waals surface area contributed by atoms with E-state index in [-0.39, 0.29) is 23.2 Å². The number of phenolic OH excluding ortho intramolecular Hbond substituents is 1. The molecule has 0 atom stereocenters. The van der Waals surface area contributed by atoms with Crippen LogP contribution in [-0.4, -0.2) is 30.4 Å². The van der Waals surface area contributed by atoms with Gasteiger partial charge in [-0.2, -0.15) is 0 Å². The first-order valence-electron chi connectivity index (χ1n) is 9.51. The van der Waals surface area contributed by atoms with Crippen molar-refractivity contribution in [1.82, 2.24) is 19.5 Å². The Balaban J connectivity index is 1.80. The van der Waals surface area contributed by atoms with E-state index in [1.807, 2.05) is 50.2 Å². The summed E-state index contributed by atoms with van der Waals surface area (Å²) in [5.74, 6) is 0.315. The van der Waals surface area contributed by atoms with E-state index >= 15 is 0 Å². The normalized spacial score (nSPS) is 11.4. The molecule has 30 heavy (non-hydrogen) atoms. The number of phenols is 1. The summed E-state index contributed by atoms with van der Waals surface area (Å²) in [5.41, 5.74) is 11.2. The number of aromatic amines is 1. The van der Waals surface area contributed by atoms with Crippen LogP contribution in [0.3, 0.4) is 0 Å². The molecule has 0 spiro atoms. The minimum atomic E-state index is -0.309. The van der Waals surface area contributed by atoms with Gasteiger partial charge in [-0.05, 0) is 49.7 Å². The van der Waals surface area contributed by atoms with E-state index in [0.717, 1.165) is 11.1 Å². The zero-order chi connectivity index (χ0) is 21.0. The van der Waals surface area contributed by atoms with Crippen molar-refractivity contribution in [2.75, 3.05) is 5.73 Å². The lowest BCUT2D eigenvalue weighted by Crippen LogP contribution is -2.09. The average molecular weight is 397 g/mol. The molecule has 0 fully saturated rings. The lowest BCUT2D eigenvalue weighted by molar-refractivity contribution is 0.103. The van der Waals surface area contributed by atoms with Crippen molar-refractivity contribution in [2.45, 2.75) is 13.8 Å². The number of fused-ring (bicyclic) bond motifs is 2. The van der Waals surface area contributed by atoms with Gasteiger partial charge in [0.05, 0.1) is 22.3 Å². The number of imidazole rings is 1. The molecule has 0 bridgehead atoms. The van der Waals surface area contributed by atoms with E-state index in [2.05, 4.69) is 15.0 Å². The molecule has 0 radical (unpaired) electrons. The first kappa shape index (κ1) is 17.9. The smallest absolute Gasteiger partial charge is 0.232 e. The number of nitrogens with zero attached hydrogens (tertiary/aromatic N) is 3. The molecule has 7 heteroatoms. The molecule has 0 aliphatic rings. The van der Waals surface area contributed by atoms with E-state index in [1.54, 1.807) is 22.9 Å². The molecule has 7 nitrogen and oxygen atoms in total. The second-order valence-electron chi connectivity index (χ2n) is 7.28. The predicted molar refractivity (Wildman–Crippen MR) is 116 cm³/mol. The molecule has 148 valence electrons. The Kier molecular flexibility index (Phi) is 3.86. The molecule has 0 aliphatic heterocycles. The number of aromatic hydroxyl groups is 1. The average Bonchev–Trinajstić information content (AvgIpc) is 3.30. The van der Waals surface area contributed by atoms with Crippen molar-refractivity contribution >= 4 is 33.7 Å². The number of carbonyl (C=O) groups is 1. The number of aromatic nitrogens is 4. The molecule has 3 heterocycles. The third kappa shape index (κ3) is 2.49. The number of rotatable bonds is 3. The quantitative estimate of drug-likeness (QED) is 0.398. The third-order valence-corrected chi connectivity index (χ3v) is 5.42. The topological polar surface area (TPSA) is 110 Å². The van der Waals surface area contributed by atoms with E-state index in [4.69, 9.17) is 5.73 Å². The fraction of sp³-hybridized carbons (Fsp3) is 0.0870. The van der Waals surface area contributed by atoms with Gasteiger partial charge in [0.15, 0.2) is 5.82 Å². The van der Waals surface area contributed by atoms with Crippen LogP contribution in [0.25, 0.3) is 27.8 Å². The second-order valence-corrected chi connectivity index (χ2v) is 7.28. The largest absolute Gasteiger partial charge is 0.508 e. The summed E-state index contributed by atoms with van der Waals surface area (Å²) in [6.45, 7) is 3.74. The molecule has 0 aliphatic carbocycles. The minimum absolute atomic E-state index is 0.151. The van der Waals surface area contributed by atoms with Crippen molar-refractivity contribution < 1.29 is 9.90 Å². The van der Waals surface area contributed by atoms with Crippen molar-refractivity contribution in [3.8, 4) is 11.4 Å². The van der Waals surface area contributed by atoms with Gasteiger partial charge in [0.25, 0.3) is 0 Å². The van der Waals surface area contributed by atoms with Gasteiger partial charge in [-0.3, -0.25) is 9.36 Å². The number of nitrogens with two attached hydrogens (primary N) is 1. The number of carbonyl (C=O) groups excluding carboxylic acids is 1. The first-order chi connectivity index (χ1) is 14.5. The zero-order valence-corrected chi connectivity index (χ0v) is 16.5. The molecule has 0 unspecified atom stereocenters. The fourth-order valence-electron chi connectivity index (χ4n) is 3.95. The molecule has 4 N–H and O–H groups in total. The maximum atomic E-state index is 13.5. The Hall–Kier alpha value is -4.13. The number of aryl methyl sites for hydroxylation is 1. The summed E-state index contributed by atoms with van der Waals surface area (Å²) in [4.78, 5) is 25.5. The third-order valence-electron chi connectivity index (χ3n) is 5.42. The molecule has 5 aromatic rings. The lowest BCUT2D eigenvalue weighted by atomic mass is 10.1. The first-order valence-corrected chi connectivity index (χ1v) is 9.51. The fourth-order valence-corrected chi connectivity index (χ4v) is 3.95. The molecule has 0 saturated heterocycles. The van der Waals surface area contributed by atoms with Crippen LogP contribution in [0.4, 0.5) is 5.82 Å². The molecule has 0 saturated carbocycles. The number of nitrogens with one attached hydrogen (secondary N) is 1. The van der Waals surface area contributed by atoms with Gasteiger partial charge in [0.1, 0.15) is 17.2 Å². The molecule has 0 amide bonds. The van der Waals surface area contributed by atoms with Gasteiger partial charge in [-0.15, -0.1) is 0 Å².